The minimum absolute atomic E-state index is 0.187. The van der Waals surface area contributed by atoms with Crippen molar-refractivity contribution in [2.45, 2.75) is 20.4 Å². The summed E-state index contributed by atoms with van der Waals surface area (Å²) in [6, 6.07) is 15.9. The average Bonchev–Trinajstić information content (AvgIpc) is 3.37. The van der Waals surface area contributed by atoms with Gasteiger partial charge < -0.3 is 9.73 Å². The van der Waals surface area contributed by atoms with E-state index in [1.54, 1.807) is 12.4 Å². The number of oxazole rings is 1. The molecular weight excluding hydrogens is 370 g/mol. The largest absolute Gasteiger partial charge is 0.439 e. The third-order valence-corrected chi connectivity index (χ3v) is 5.38. The highest BCUT2D eigenvalue weighted by Gasteiger charge is 2.14. The van der Waals surface area contributed by atoms with Crippen LogP contribution in [-0.4, -0.2) is 15.9 Å². The lowest BCUT2D eigenvalue weighted by Gasteiger charge is -2.03. The lowest BCUT2D eigenvalue weighted by molar-refractivity contribution is 0.0951. The van der Waals surface area contributed by atoms with Crippen LogP contribution in [0, 0.1) is 13.8 Å². The monoisotopic (exact) mass is 389 g/mol. The zero-order valence-corrected chi connectivity index (χ0v) is 16.4. The number of aryl methyl sites for hydroxylation is 2. The summed E-state index contributed by atoms with van der Waals surface area (Å²) in [6.45, 7) is 4.34. The maximum Gasteiger partial charge on any atom is 0.263 e. The normalized spacial score (nSPS) is 10.8. The fourth-order valence-corrected chi connectivity index (χ4v) is 3.85. The number of nitrogens with zero attached hydrogens (tertiary/aromatic N) is 2. The molecule has 2 heterocycles. The Balaban J connectivity index is 1.42. The molecule has 0 radical (unpaired) electrons. The standard InChI is InChI=1S/C22H19N3O2S/c1-14-8-9-17(15(2)10-14)22-25-12-19(28-22)21(26)24-13-20-23-11-18(27-20)16-6-4-3-5-7-16/h3-12H,13H2,1-2H3,(H,24,26). The number of hydrogen-bond donors (Lipinski definition) is 1. The molecular formula is C22H19N3O2S. The van der Waals surface area contributed by atoms with E-state index in [1.165, 1.54) is 16.9 Å². The van der Waals surface area contributed by atoms with Crippen molar-refractivity contribution in [1.82, 2.24) is 15.3 Å². The van der Waals surface area contributed by atoms with Gasteiger partial charge in [0, 0.05) is 11.1 Å². The number of thiazole rings is 1. The van der Waals surface area contributed by atoms with Crippen molar-refractivity contribution in [3.8, 4) is 21.9 Å². The number of carbonyl (C=O) groups is 1. The first-order valence-electron chi connectivity index (χ1n) is 8.92. The van der Waals surface area contributed by atoms with Gasteiger partial charge in [0.1, 0.15) is 9.88 Å². The lowest BCUT2D eigenvalue weighted by atomic mass is 10.1. The molecule has 4 rings (SSSR count). The van der Waals surface area contributed by atoms with Gasteiger partial charge in [-0.2, -0.15) is 0 Å². The zero-order chi connectivity index (χ0) is 19.5. The fourth-order valence-electron chi connectivity index (χ4n) is 2.93. The van der Waals surface area contributed by atoms with Gasteiger partial charge in [0.2, 0.25) is 5.89 Å². The molecule has 5 nitrogen and oxygen atoms in total. The smallest absolute Gasteiger partial charge is 0.263 e. The molecule has 1 N–H and O–H groups in total. The van der Waals surface area contributed by atoms with Crippen molar-refractivity contribution in [1.29, 1.82) is 0 Å². The molecule has 0 saturated heterocycles. The number of amides is 1. The number of carbonyl (C=O) groups excluding carboxylic acids is 1. The van der Waals surface area contributed by atoms with Crippen LogP contribution in [-0.2, 0) is 6.54 Å². The van der Waals surface area contributed by atoms with Crippen LogP contribution < -0.4 is 5.32 Å². The maximum absolute atomic E-state index is 12.5. The molecule has 2 aromatic carbocycles. The molecule has 1 amide bonds. The minimum Gasteiger partial charge on any atom is -0.439 e. The van der Waals surface area contributed by atoms with Crippen LogP contribution >= 0.6 is 11.3 Å². The Hall–Kier alpha value is -3.25. The van der Waals surface area contributed by atoms with Gasteiger partial charge in [-0.15, -0.1) is 11.3 Å². The van der Waals surface area contributed by atoms with E-state index in [0.29, 0.717) is 16.5 Å². The molecule has 28 heavy (non-hydrogen) atoms. The van der Waals surface area contributed by atoms with E-state index < -0.39 is 0 Å². The van der Waals surface area contributed by atoms with E-state index in [1.807, 2.05) is 36.4 Å². The summed E-state index contributed by atoms with van der Waals surface area (Å²) < 4.78 is 5.72. The second kappa shape index (κ2) is 7.78. The SMILES string of the molecule is Cc1ccc(-c2ncc(C(=O)NCc3ncc(-c4ccccc4)o3)s2)c(C)c1. The Morgan fingerprint density at radius 1 is 1.07 bits per heavy atom. The van der Waals surface area contributed by atoms with Gasteiger partial charge in [-0.25, -0.2) is 9.97 Å². The summed E-state index contributed by atoms with van der Waals surface area (Å²) in [5.41, 5.74) is 4.36. The Kier molecular flexibility index (Phi) is 5.04. The summed E-state index contributed by atoms with van der Waals surface area (Å²) >= 11 is 1.38. The van der Waals surface area contributed by atoms with Gasteiger partial charge in [-0.1, -0.05) is 54.1 Å². The van der Waals surface area contributed by atoms with Gasteiger partial charge in [0.15, 0.2) is 5.76 Å². The third kappa shape index (κ3) is 3.87. The highest BCUT2D eigenvalue weighted by atomic mass is 32.1. The first-order valence-corrected chi connectivity index (χ1v) is 9.73. The van der Waals surface area contributed by atoms with Gasteiger partial charge in [0.05, 0.1) is 18.9 Å². The van der Waals surface area contributed by atoms with Crippen molar-refractivity contribution >= 4 is 17.2 Å². The first-order chi connectivity index (χ1) is 13.6. The van der Waals surface area contributed by atoms with Crippen molar-refractivity contribution in [2.75, 3.05) is 0 Å². The number of aromatic nitrogens is 2. The van der Waals surface area contributed by atoms with E-state index in [4.69, 9.17) is 4.42 Å². The molecule has 0 saturated carbocycles. The van der Waals surface area contributed by atoms with E-state index >= 15 is 0 Å². The van der Waals surface area contributed by atoms with E-state index in [0.717, 1.165) is 21.7 Å². The van der Waals surface area contributed by atoms with Crippen LogP contribution in [0.1, 0.15) is 26.7 Å². The molecule has 0 bridgehead atoms. The second-order valence-electron chi connectivity index (χ2n) is 6.51. The van der Waals surface area contributed by atoms with Gasteiger partial charge >= 0.3 is 0 Å². The molecule has 0 aliphatic heterocycles. The van der Waals surface area contributed by atoms with Crippen LogP contribution in [0.4, 0.5) is 0 Å². The van der Waals surface area contributed by atoms with E-state index in [2.05, 4.69) is 41.3 Å². The third-order valence-electron chi connectivity index (χ3n) is 4.35. The van der Waals surface area contributed by atoms with Gasteiger partial charge in [-0.05, 0) is 19.4 Å². The Labute approximate surface area is 167 Å². The second-order valence-corrected chi connectivity index (χ2v) is 7.55. The molecule has 140 valence electrons. The summed E-state index contributed by atoms with van der Waals surface area (Å²) in [4.78, 5) is 21.7. The topological polar surface area (TPSA) is 68.0 Å². The molecule has 0 aliphatic carbocycles. The van der Waals surface area contributed by atoms with E-state index in [-0.39, 0.29) is 12.5 Å². The predicted octanol–water partition coefficient (Wildman–Crippen LogP) is 5.01. The molecule has 4 aromatic rings. The van der Waals surface area contributed by atoms with Gasteiger partial charge in [0.25, 0.3) is 5.91 Å². The first kappa shape index (κ1) is 18.1. The molecule has 0 unspecified atom stereocenters. The van der Waals surface area contributed by atoms with Gasteiger partial charge in [-0.3, -0.25) is 4.79 Å². The quantitative estimate of drug-likeness (QED) is 0.521. The maximum atomic E-state index is 12.5. The highest BCUT2D eigenvalue weighted by Crippen LogP contribution is 2.28. The van der Waals surface area contributed by atoms with Crippen LogP contribution in [0.25, 0.3) is 21.9 Å². The van der Waals surface area contributed by atoms with Crippen molar-refractivity contribution < 1.29 is 9.21 Å². The molecule has 0 atom stereocenters. The van der Waals surface area contributed by atoms with Crippen molar-refractivity contribution in [3.63, 3.8) is 0 Å². The lowest BCUT2D eigenvalue weighted by Crippen LogP contribution is -2.21. The van der Waals surface area contributed by atoms with Crippen LogP contribution in [0.3, 0.4) is 0 Å². The highest BCUT2D eigenvalue weighted by molar-refractivity contribution is 7.16. The Morgan fingerprint density at radius 3 is 2.68 bits per heavy atom. The number of benzene rings is 2. The molecule has 6 heteroatoms. The fraction of sp³-hybridized carbons (Fsp3) is 0.136. The number of nitrogens with one attached hydrogen (secondary N) is 1. The number of rotatable bonds is 5. The van der Waals surface area contributed by atoms with E-state index in [9.17, 15) is 4.79 Å². The number of hydrogen-bond acceptors (Lipinski definition) is 5. The van der Waals surface area contributed by atoms with Crippen LogP contribution in [0.2, 0.25) is 0 Å². The molecule has 2 aromatic heterocycles. The van der Waals surface area contributed by atoms with Crippen LogP contribution in [0.5, 0.6) is 0 Å². The summed E-state index contributed by atoms with van der Waals surface area (Å²) in [5, 5.41) is 3.68. The summed E-state index contributed by atoms with van der Waals surface area (Å²) in [6.07, 6.45) is 3.28. The Morgan fingerprint density at radius 2 is 1.89 bits per heavy atom. The predicted molar refractivity (Wildman–Crippen MR) is 110 cm³/mol. The molecule has 0 spiro atoms. The minimum atomic E-state index is -0.187. The summed E-state index contributed by atoms with van der Waals surface area (Å²) in [5.74, 6) is 0.957. The van der Waals surface area contributed by atoms with Crippen molar-refractivity contribution in [3.05, 3.63) is 82.8 Å². The molecule has 0 aliphatic rings. The van der Waals surface area contributed by atoms with Crippen LogP contribution in [0.15, 0.2) is 65.3 Å². The summed E-state index contributed by atoms with van der Waals surface area (Å²) in [7, 11) is 0. The van der Waals surface area contributed by atoms with Crippen molar-refractivity contribution in [2.24, 2.45) is 0 Å². The Bertz CT molecular complexity index is 1120. The molecule has 0 fully saturated rings. The zero-order valence-electron chi connectivity index (χ0n) is 15.6. The average molecular weight is 389 g/mol.